The molecule has 2 aromatic heterocycles. The van der Waals surface area contributed by atoms with E-state index in [1.54, 1.807) is 30.6 Å². The maximum Gasteiger partial charge on any atom is 0.264 e. The molecule has 1 aliphatic heterocycles. The first-order valence-electron chi connectivity index (χ1n) is 11.9. The van der Waals surface area contributed by atoms with Crippen LogP contribution >= 0.6 is 11.3 Å². The summed E-state index contributed by atoms with van der Waals surface area (Å²) in [6, 6.07) is 21.3. The molecule has 7 nitrogen and oxygen atoms in total. The number of nitrogens with zero attached hydrogens (tertiary/aromatic N) is 4. The Kier molecular flexibility index (Phi) is 6.13. The van der Waals surface area contributed by atoms with Gasteiger partial charge in [-0.15, -0.1) is 0 Å². The third-order valence-corrected chi connectivity index (χ3v) is 9.28. The highest BCUT2D eigenvalue weighted by Gasteiger charge is 2.31. The van der Waals surface area contributed by atoms with Crippen molar-refractivity contribution in [3.8, 4) is 0 Å². The third kappa shape index (κ3) is 4.42. The number of hydrogen-bond donors (Lipinski definition) is 0. The molecule has 0 spiro atoms. The van der Waals surface area contributed by atoms with Gasteiger partial charge in [-0.05, 0) is 72.1 Å². The minimum atomic E-state index is -3.78. The van der Waals surface area contributed by atoms with Crippen LogP contribution in [0, 0.1) is 5.82 Å². The number of pyridine rings is 1. The van der Waals surface area contributed by atoms with Crippen LogP contribution in [0.15, 0.2) is 96.2 Å². The van der Waals surface area contributed by atoms with Crippen LogP contribution in [0.4, 0.5) is 15.2 Å². The molecule has 0 fully saturated rings. The predicted octanol–water partition coefficient (Wildman–Crippen LogP) is 5.43. The van der Waals surface area contributed by atoms with E-state index >= 15 is 0 Å². The zero-order valence-electron chi connectivity index (χ0n) is 20.0. The van der Waals surface area contributed by atoms with Gasteiger partial charge in [0.25, 0.3) is 15.9 Å². The van der Waals surface area contributed by atoms with Crippen LogP contribution < -0.4 is 9.21 Å². The lowest BCUT2D eigenvalue weighted by molar-refractivity contribution is 0.0985. The van der Waals surface area contributed by atoms with E-state index in [4.69, 9.17) is 0 Å². The molecule has 3 heterocycles. The smallest absolute Gasteiger partial charge is 0.264 e. The number of halogens is 1. The zero-order chi connectivity index (χ0) is 26.3. The molecule has 0 bridgehead atoms. The van der Waals surface area contributed by atoms with Crippen LogP contribution in [-0.4, -0.2) is 30.8 Å². The fourth-order valence-corrected chi connectivity index (χ4v) is 7.00. The molecule has 0 radical (unpaired) electrons. The minimum absolute atomic E-state index is 0.111. The van der Waals surface area contributed by atoms with Crippen molar-refractivity contribution >= 4 is 48.3 Å². The molecule has 3 aromatic carbocycles. The highest BCUT2D eigenvalue weighted by atomic mass is 32.2. The Morgan fingerprint density at radius 2 is 1.84 bits per heavy atom. The van der Waals surface area contributed by atoms with Gasteiger partial charge in [0.1, 0.15) is 5.82 Å². The summed E-state index contributed by atoms with van der Waals surface area (Å²) in [5.74, 6) is -0.737. The second-order valence-corrected chi connectivity index (χ2v) is 11.7. The van der Waals surface area contributed by atoms with E-state index in [1.807, 2.05) is 24.3 Å². The van der Waals surface area contributed by atoms with E-state index in [0.29, 0.717) is 39.6 Å². The fourth-order valence-electron chi connectivity index (χ4n) is 4.51. The van der Waals surface area contributed by atoms with Crippen molar-refractivity contribution in [1.82, 2.24) is 9.97 Å². The van der Waals surface area contributed by atoms with E-state index in [9.17, 15) is 17.6 Å². The van der Waals surface area contributed by atoms with Gasteiger partial charge in [-0.1, -0.05) is 35.6 Å². The summed E-state index contributed by atoms with van der Waals surface area (Å²) >= 11 is 1.21. The summed E-state index contributed by atoms with van der Waals surface area (Å²) in [4.78, 5) is 24.0. The third-order valence-electron chi connectivity index (χ3n) is 6.41. The van der Waals surface area contributed by atoms with Crippen molar-refractivity contribution < 1.29 is 17.6 Å². The number of para-hydroxylation sites is 1. The number of amides is 1. The summed E-state index contributed by atoms with van der Waals surface area (Å²) in [6.45, 7) is 0.568. The molecule has 10 heteroatoms. The molecule has 190 valence electrons. The topological polar surface area (TPSA) is 83.5 Å². The van der Waals surface area contributed by atoms with Gasteiger partial charge in [-0.25, -0.2) is 17.8 Å². The summed E-state index contributed by atoms with van der Waals surface area (Å²) < 4.78 is 42.6. The molecule has 6 rings (SSSR count). The monoisotopic (exact) mass is 544 g/mol. The average Bonchev–Trinajstić information content (AvgIpc) is 3.56. The summed E-state index contributed by atoms with van der Waals surface area (Å²) in [5, 5.41) is 0.407. The number of thiazole rings is 1. The summed E-state index contributed by atoms with van der Waals surface area (Å²) in [6.07, 6.45) is 3.96. The highest BCUT2D eigenvalue weighted by molar-refractivity contribution is 7.92. The Balaban J connectivity index is 1.32. The summed E-state index contributed by atoms with van der Waals surface area (Å²) in [7, 11) is -3.78. The van der Waals surface area contributed by atoms with Crippen LogP contribution in [0.1, 0.15) is 21.5 Å². The number of benzene rings is 3. The molecule has 1 aliphatic rings. The van der Waals surface area contributed by atoms with E-state index < -0.39 is 10.0 Å². The van der Waals surface area contributed by atoms with Gasteiger partial charge in [0.2, 0.25) is 0 Å². The van der Waals surface area contributed by atoms with Crippen molar-refractivity contribution in [2.45, 2.75) is 17.9 Å². The zero-order valence-corrected chi connectivity index (χ0v) is 21.6. The van der Waals surface area contributed by atoms with Crippen LogP contribution in [0.5, 0.6) is 0 Å². The number of aromatic nitrogens is 2. The Hall–Kier alpha value is -4.15. The minimum Gasteiger partial charge on any atom is -0.279 e. The number of rotatable bonds is 6. The van der Waals surface area contributed by atoms with Gasteiger partial charge in [0, 0.05) is 24.5 Å². The quantitative estimate of drug-likeness (QED) is 0.285. The van der Waals surface area contributed by atoms with Gasteiger partial charge in [0.15, 0.2) is 5.13 Å². The Morgan fingerprint density at radius 1 is 1.03 bits per heavy atom. The maximum absolute atomic E-state index is 13.8. The molecule has 5 aromatic rings. The lowest BCUT2D eigenvalue weighted by atomic mass is 10.2. The first-order valence-corrected chi connectivity index (χ1v) is 14.1. The van der Waals surface area contributed by atoms with Crippen molar-refractivity contribution in [2.75, 3.05) is 15.7 Å². The molecule has 0 N–H and O–H groups in total. The second-order valence-electron chi connectivity index (χ2n) is 8.84. The molecule has 0 unspecified atom stereocenters. The molecular weight excluding hydrogens is 523 g/mol. The molecule has 1 amide bonds. The molecule has 0 aliphatic carbocycles. The van der Waals surface area contributed by atoms with Crippen molar-refractivity contribution in [1.29, 1.82) is 0 Å². The van der Waals surface area contributed by atoms with Gasteiger partial charge < -0.3 is 0 Å². The van der Waals surface area contributed by atoms with Crippen LogP contribution in [0.2, 0.25) is 0 Å². The standard InChI is InChI=1S/C28H21FN4O3S2/c29-22-9-12-24-26(16-22)37-28(31-24)32(18-19-4-3-14-30-17-19)27(34)21-7-10-23(11-8-21)38(35,36)33-15-13-20-5-1-2-6-25(20)33/h1-12,14,16-17H,13,15,18H2. The fraction of sp³-hybridized carbons (Fsp3) is 0.107. The number of anilines is 2. The first-order chi connectivity index (χ1) is 18.4. The molecule has 38 heavy (non-hydrogen) atoms. The first kappa shape index (κ1) is 24.2. The Labute approximate surface area is 222 Å². The second kappa shape index (κ2) is 9.62. The van der Waals surface area contributed by atoms with Gasteiger partial charge >= 0.3 is 0 Å². The van der Waals surface area contributed by atoms with Gasteiger partial charge in [0.05, 0.1) is 27.3 Å². The van der Waals surface area contributed by atoms with E-state index in [1.165, 1.54) is 56.9 Å². The average molecular weight is 545 g/mol. The molecular formula is C28H21FN4O3S2. The summed E-state index contributed by atoms with van der Waals surface area (Å²) in [5.41, 5.74) is 3.35. The number of carbonyl (C=O) groups is 1. The van der Waals surface area contributed by atoms with E-state index in [2.05, 4.69) is 9.97 Å². The Morgan fingerprint density at radius 3 is 2.63 bits per heavy atom. The number of fused-ring (bicyclic) bond motifs is 2. The van der Waals surface area contributed by atoms with Gasteiger partial charge in [-0.3, -0.25) is 19.0 Å². The van der Waals surface area contributed by atoms with Crippen LogP contribution in [0.3, 0.4) is 0 Å². The number of hydrogen-bond acceptors (Lipinski definition) is 6. The van der Waals surface area contributed by atoms with Crippen molar-refractivity contribution in [3.05, 3.63) is 114 Å². The van der Waals surface area contributed by atoms with Crippen LogP contribution in [0.25, 0.3) is 10.2 Å². The highest BCUT2D eigenvalue weighted by Crippen LogP contribution is 2.34. The van der Waals surface area contributed by atoms with E-state index in [-0.39, 0.29) is 23.2 Å². The lowest BCUT2D eigenvalue weighted by Crippen LogP contribution is -2.31. The number of carbonyl (C=O) groups excluding carboxylic acids is 1. The maximum atomic E-state index is 13.8. The van der Waals surface area contributed by atoms with E-state index in [0.717, 1.165) is 11.1 Å². The van der Waals surface area contributed by atoms with Crippen molar-refractivity contribution in [2.24, 2.45) is 0 Å². The normalized spacial score (nSPS) is 13.0. The molecule has 0 atom stereocenters. The van der Waals surface area contributed by atoms with Crippen molar-refractivity contribution in [3.63, 3.8) is 0 Å². The predicted molar refractivity (Wildman–Crippen MR) is 145 cm³/mol. The molecule has 0 saturated heterocycles. The molecule has 0 saturated carbocycles. The SMILES string of the molecule is O=C(c1ccc(S(=O)(=O)N2CCc3ccccc32)cc1)N(Cc1cccnc1)c1nc2ccc(F)cc2s1. The van der Waals surface area contributed by atoms with Crippen LogP contribution in [-0.2, 0) is 23.0 Å². The van der Waals surface area contributed by atoms with Gasteiger partial charge in [-0.2, -0.15) is 0 Å². The lowest BCUT2D eigenvalue weighted by Gasteiger charge is -2.21. The Bertz CT molecular complexity index is 1760. The largest absolute Gasteiger partial charge is 0.279 e. The number of sulfonamides is 1.